The van der Waals surface area contributed by atoms with Gasteiger partial charge in [-0.1, -0.05) is 6.07 Å². The molecule has 1 aromatic rings. The first-order valence-electron chi connectivity index (χ1n) is 6.22. The maximum absolute atomic E-state index is 13.0. The van der Waals surface area contributed by atoms with Crippen molar-refractivity contribution in [3.63, 3.8) is 0 Å². The first-order chi connectivity index (χ1) is 9.48. The fourth-order valence-electron chi connectivity index (χ4n) is 2.02. The smallest absolute Gasteiger partial charge is 0.314 e. The third kappa shape index (κ3) is 3.67. The Hall–Kier alpha value is -1.67. The lowest BCUT2D eigenvalue weighted by molar-refractivity contribution is -0.151. The fourth-order valence-corrected chi connectivity index (χ4v) is 2.02. The average molecular weight is 288 g/mol. The molecule has 1 aliphatic rings. The number of nitrogens with zero attached hydrogens (tertiary/aromatic N) is 3. The van der Waals surface area contributed by atoms with Crippen LogP contribution in [0, 0.1) is 0 Å². The number of nitrogens with one attached hydrogen (secondary N) is 1. The van der Waals surface area contributed by atoms with Crippen LogP contribution in [0.25, 0.3) is 0 Å². The van der Waals surface area contributed by atoms with Gasteiger partial charge in [-0.25, -0.2) is 9.88 Å². The van der Waals surface area contributed by atoms with Crippen LogP contribution in [0.2, 0.25) is 0 Å². The summed E-state index contributed by atoms with van der Waals surface area (Å²) in [4.78, 5) is 17.1. The highest BCUT2D eigenvalue weighted by molar-refractivity contribution is 5.94. The second-order valence-corrected chi connectivity index (χ2v) is 4.41. The van der Waals surface area contributed by atoms with E-state index in [1.165, 1.54) is 24.4 Å². The van der Waals surface area contributed by atoms with E-state index in [9.17, 15) is 18.0 Å². The Balaban J connectivity index is 2.12. The molecule has 110 valence electrons. The molecule has 1 N–H and O–H groups in total. The summed E-state index contributed by atoms with van der Waals surface area (Å²) in [6.45, 7) is 2.18. The standard InChI is InChI=1S/C12H15F3N4O/c13-12(14,15)19(10-3-1-2-4-17-10)11(20)9-18-7-5-16-6-8-18/h1-4,16H,5-9H2. The zero-order valence-electron chi connectivity index (χ0n) is 10.7. The van der Waals surface area contributed by atoms with Crippen molar-refractivity contribution in [3.05, 3.63) is 24.4 Å². The number of halogens is 3. The molecule has 1 aliphatic heterocycles. The number of piperazine rings is 1. The molecule has 0 radical (unpaired) electrons. The Bertz CT molecular complexity index is 446. The molecule has 0 spiro atoms. The maximum atomic E-state index is 13.0. The summed E-state index contributed by atoms with van der Waals surface area (Å²) >= 11 is 0. The lowest BCUT2D eigenvalue weighted by Gasteiger charge is -2.30. The lowest BCUT2D eigenvalue weighted by atomic mass is 10.3. The van der Waals surface area contributed by atoms with Gasteiger partial charge in [0.2, 0.25) is 5.91 Å². The average Bonchev–Trinajstić information content (AvgIpc) is 2.39. The van der Waals surface area contributed by atoms with E-state index < -0.39 is 18.0 Å². The van der Waals surface area contributed by atoms with Gasteiger partial charge < -0.3 is 5.32 Å². The molecule has 0 aliphatic carbocycles. The summed E-state index contributed by atoms with van der Waals surface area (Å²) < 4.78 is 39.1. The van der Waals surface area contributed by atoms with Crippen molar-refractivity contribution in [3.8, 4) is 0 Å². The van der Waals surface area contributed by atoms with Crippen molar-refractivity contribution in [2.24, 2.45) is 0 Å². The van der Waals surface area contributed by atoms with Gasteiger partial charge in [0.1, 0.15) is 5.82 Å². The predicted octanol–water partition coefficient (Wildman–Crippen LogP) is 0.840. The molecule has 1 amide bonds. The number of alkyl halides is 3. The van der Waals surface area contributed by atoms with E-state index in [1.54, 1.807) is 4.90 Å². The van der Waals surface area contributed by atoms with E-state index in [2.05, 4.69) is 10.3 Å². The molecule has 0 unspecified atom stereocenters. The van der Waals surface area contributed by atoms with Gasteiger partial charge in [0.15, 0.2) is 0 Å². The summed E-state index contributed by atoms with van der Waals surface area (Å²) in [7, 11) is 0. The maximum Gasteiger partial charge on any atom is 0.492 e. The van der Waals surface area contributed by atoms with Gasteiger partial charge in [0.05, 0.1) is 6.54 Å². The molecule has 5 nitrogen and oxygen atoms in total. The van der Waals surface area contributed by atoms with Crippen LogP contribution in [-0.2, 0) is 4.79 Å². The van der Waals surface area contributed by atoms with Crippen molar-refractivity contribution in [1.82, 2.24) is 15.2 Å². The lowest BCUT2D eigenvalue weighted by Crippen LogP contribution is -2.52. The van der Waals surface area contributed by atoms with Gasteiger partial charge in [-0.3, -0.25) is 9.69 Å². The van der Waals surface area contributed by atoms with Crippen LogP contribution in [0.5, 0.6) is 0 Å². The van der Waals surface area contributed by atoms with Gasteiger partial charge >= 0.3 is 6.30 Å². The molecule has 1 fully saturated rings. The molecule has 1 aromatic heterocycles. The number of hydrogen-bond acceptors (Lipinski definition) is 4. The normalized spacial score (nSPS) is 16.9. The third-order valence-corrected chi connectivity index (χ3v) is 2.95. The van der Waals surface area contributed by atoms with E-state index in [0.29, 0.717) is 26.2 Å². The Kier molecular flexibility index (Phi) is 4.56. The molecular formula is C12H15F3N4O. The highest BCUT2D eigenvalue weighted by atomic mass is 19.4. The Labute approximate surface area is 114 Å². The van der Waals surface area contributed by atoms with Crippen LogP contribution in [0.4, 0.5) is 19.0 Å². The van der Waals surface area contributed by atoms with Crippen molar-refractivity contribution in [1.29, 1.82) is 0 Å². The van der Waals surface area contributed by atoms with E-state index in [4.69, 9.17) is 0 Å². The number of carbonyl (C=O) groups is 1. The van der Waals surface area contributed by atoms with Crippen LogP contribution in [-0.4, -0.2) is 54.8 Å². The molecule has 2 heterocycles. The number of hydrogen-bond donors (Lipinski definition) is 1. The van der Waals surface area contributed by atoms with Crippen LogP contribution >= 0.6 is 0 Å². The molecule has 0 atom stereocenters. The van der Waals surface area contributed by atoms with Gasteiger partial charge in [-0.05, 0) is 12.1 Å². The second kappa shape index (κ2) is 6.19. The SMILES string of the molecule is O=C(CN1CCNCC1)N(c1ccccn1)C(F)(F)F. The summed E-state index contributed by atoms with van der Waals surface area (Å²) in [6, 6.07) is 4.08. The second-order valence-electron chi connectivity index (χ2n) is 4.41. The van der Waals surface area contributed by atoms with Gasteiger partial charge in [-0.15, -0.1) is 13.2 Å². The number of carbonyl (C=O) groups excluding carboxylic acids is 1. The molecular weight excluding hydrogens is 273 g/mol. The molecule has 0 bridgehead atoms. The fraction of sp³-hybridized carbons (Fsp3) is 0.500. The largest absolute Gasteiger partial charge is 0.492 e. The predicted molar refractivity (Wildman–Crippen MR) is 67.1 cm³/mol. The number of rotatable bonds is 3. The van der Waals surface area contributed by atoms with Gasteiger partial charge in [0, 0.05) is 32.4 Å². The monoisotopic (exact) mass is 288 g/mol. The number of anilines is 1. The number of aromatic nitrogens is 1. The van der Waals surface area contributed by atoms with Crippen LogP contribution in [0.1, 0.15) is 0 Å². The molecule has 1 saturated heterocycles. The first kappa shape index (κ1) is 14.7. The van der Waals surface area contributed by atoms with Crippen LogP contribution < -0.4 is 10.2 Å². The van der Waals surface area contributed by atoms with Crippen LogP contribution in [0.15, 0.2) is 24.4 Å². The molecule has 2 rings (SSSR count). The van der Waals surface area contributed by atoms with Crippen molar-refractivity contribution < 1.29 is 18.0 Å². The minimum absolute atomic E-state index is 0.199. The molecule has 0 saturated carbocycles. The Morgan fingerprint density at radius 2 is 2.05 bits per heavy atom. The highest BCUT2D eigenvalue weighted by Crippen LogP contribution is 2.27. The summed E-state index contributed by atoms with van der Waals surface area (Å²) in [6.07, 6.45) is -3.55. The molecule has 0 aromatic carbocycles. The van der Waals surface area contributed by atoms with Gasteiger partial charge in [-0.2, -0.15) is 0 Å². The first-order valence-corrected chi connectivity index (χ1v) is 6.22. The topological polar surface area (TPSA) is 48.5 Å². The van der Waals surface area contributed by atoms with Crippen molar-refractivity contribution in [2.45, 2.75) is 6.30 Å². The number of pyridine rings is 1. The summed E-state index contributed by atoms with van der Waals surface area (Å²) in [5.74, 6) is -1.42. The van der Waals surface area contributed by atoms with E-state index in [0.717, 1.165) is 0 Å². The van der Waals surface area contributed by atoms with E-state index in [1.807, 2.05) is 0 Å². The van der Waals surface area contributed by atoms with E-state index in [-0.39, 0.29) is 11.4 Å². The minimum atomic E-state index is -4.78. The molecule has 20 heavy (non-hydrogen) atoms. The minimum Gasteiger partial charge on any atom is -0.314 e. The van der Waals surface area contributed by atoms with Crippen LogP contribution in [0.3, 0.4) is 0 Å². The zero-order chi connectivity index (χ0) is 14.6. The van der Waals surface area contributed by atoms with E-state index >= 15 is 0 Å². The van der Waals surface area contributed by atoms with Crippen molar-refractivity contribution >= 4 is 11.7 Å². The number of amides is 1. The zero-order valence-corrected chi connectivity index (χ0v) is 10.7. The van der Waals surface area contributed by atoms with Gasteiger partial charge in [0.25, 0.3) is 0 Å². The quantitative estimate of drug-likeness (QED) is 0.837. The molecule has 8 heteroatoms. The highest BCUT2D eigenvalue weighted by Gasteiger charge is 2.43. The summed E-state index contributed by atoms with van der Waals surface area (Å²) in [5.41, 5.74) is 0. The van der Waals surface area contributed by atoms with Crippen molar-refractivity contribution in [2.75, 3.05) is 37.6 Å². The summed E-state index contributed by atoms with van der Waals surface area (Å²) in [5, 5.41) is 3.08. The Morgan fingerprint density at radius 1 is 1.35 bits per heavy atom. The third-order valence-electron chi connectivity index (χ3n) is 2.95. The Morgan fingerprint density at radius 3 is 2.60 bits per heavy atom.